The second kappa shape index (κ2) is 8.46. The molecule has 1 atom stereocenters. The summed E-state index contributed by atoms with van der Waals surface area (Å²) in [5.41, 5.74) is 3.18. The number of aromatic amines is 1. The molecule has 7 nitrogen and oxygen atoms in total. The molecule has 0 saturated heterocycles. The maximum Gasteiger partial charge on any atom is 0.296 e. The predicted octanol–water partition coefficient (Wildman–Crippen LogP) is 5.50. The number of hydrogen-bond acceptors (Lipinski definition) is 6. The van der Waals surface area contributed by atoms with Gasteiger partial charge in [0.25, 0.3) is 5.91 Å². The number of nitrogens with one attached hydrogen (secondary N) is 1. The number of benzene rings is 2. The van der Waals surface area contributed by atoms with Gasteiger partial charge in [-0.2, -0.15) is 0 Å². The third-order valence-corrected chi connectivity index (χ3v) is 6.49. The van der Waals surface area contributed by atoms with E-state index in [2.05, 4.69) is 9.97 Å². The van der Waals surface area contributed by atoms with E-state index in [1.54, 1.807) is 41.8 Å². The summed E-state index contributed by atoms with van der Waals surface area (Å²) in [4.78, 5) is 36.3. The molecule has 5 rings (SSSR count). The monoisotopic (exact) mass is 473 g/mol. The number of carbonyl (C=O) groups is 2. The summed E-state index contributed by atoms with van der Waals surface area (Å²) in [7, 11) is 0. The Kier molecular flexibility index (Phi) is 5.45. The van der Waals surface area contributed by atoms with Crippen LogP contribution in [-0.2, 0) is 4.79 Å². The molecule has 2 aromatic heterocycles. The maximum absolute atomic E-state index is 13.4. The van der Waals surface area contributed by atoms with Crippen molar-refractivity contribution in [2.45, 2.75) is 32.9 Å². The number of fused-ring (bicyclic) bond motifs is 1. The van der Waals surface area contributed by atoms with Crippen LogP contribution in [0.15, 0.2) is 71.3 Å². The summed E-state index contributed by atoms with van der Waals surface area (Å²) in [5, 5.41) is 12.7. The fraction of sp³-hybridized carbons (Fsp3) is 0.192. The third kappa shape index (κ3) is 3.76. The lowest BCUT2D eigenvalue weighted by molar-refractivity contribution is -0.117. The van der Waals surface area contributed by atoms with Crippen LogP contribution < -0.4 is 9.64 Å². The van der Waals surface area contributed by atoms with Crippen LogP contribution in [0.25, 0.3) is 11.0 Å². The normalized spacial score (nSPS) is 16.2. The molecule has 3 heterocycles. The van der Waals surface area contributed by atoms with Crippen LogP contribution in [0.1, 0.15) is 40.7 Å². The molecule has 0 aliphatic carbocycles. The van der Waals surface area contributed by atoms with Crippen molar-refractivity contribution in [2.75, 3.05) is 4.90 Å². The lowest BCUT2D eigenvalue weighted by Crippen LogP contribution is -2.32. The molecule has 1 unspecified atom stereocenters. The molecule has 1 aliphatic heterocycles. The van der Waals surface area contributed by atoms with Crippen LogP contribution in [0.2, 0.25) is 0 Å². The molecule has 8 heteroatoms. The van der Waals surface area contributed by atoms with Crippen molar-refractivity contribution >= 4 is 40.0 Å². The Labute approximate surface area is 200 Å². The van der Waals surface area contributed by atoms with E-state index in [0.717, 1.165) is 11.1 Å². The van der Waals surface area contributed by atoms with Crippen LogP contribution in [0, 0.1) is 6.92 Å². The number of ketones is 1. The van der Waals surface area contributed by atoms with Crippen molar-refractivity contribution < 1.29 is 19.4 Å². The molecule has 34 heavy (non-hydrogen) atoms. The smallest absolute Gasteiger partial charge is 0.296 e. The molecule has 0 spiro atoms. The average Bonchev–Trinajstić information content (AvgIpc) is 3.52. The average molecular weight is 474 g/mol. The molecule has 2 N–H and O–H groups in total. The van der Waals surface area contributed by atoms with Crippen molar-refractivity contribution in [1.29, 1.82) is 0 Å². The van der Waals surface area contributed by atoms with Gasteiger partial charge in [-0.15, -0.1) is 11.3 Å². The van der Waals surface area contributed by atoms with Gasteiger partial charge in [0.2, 0.25) is 11.7 Å². The Balaban J connectivity index is 1.64. The number of imidazole rings is 1. The molecule has 2 aromatic carbocycles. The van der Waals surface area contributed by atoms with E-state index >= 15 is 0 Å². The molecular formula is C26H23N3O4S. The van der Waals surface area contributed by atoms with E-state index < -0.39 is 17.7 Å². The Morgan fingerprint density at radius 1 is 1.18 bits per heavy atom. The zero-order valence-corrected chi connectivity index (χ0v) is 19.7. The van der Waals surface area contributed by atoms with E-state index in [4.69, 9.17) is 4.74 Å². The topological polar surface area (TPSA) is 95.5 Å². The number of aliphatic hydroxyl groups is 1. The zero-order valence-electron chi connectivity index (χ0n) is 18.9. The van der Waals surface area contributed by atoms with Gasteiger partial charge < -0.3 is 14.8 Å². The number of carbonyl (C=O) groups excluding carboxylic acids is 2. The van der Waals surface area contributed by atoms with Crippen molar-refractivity contribution in [2.24, 2.45) is 0 Å². The third-order valence-electron chi connectivity index (χ3n) is 5.62. The predicted molar refractivity (Wildman–Crippen MR) is 132 cm³/mol. The second-order valence-corrected chi connectivity index (χ2v) is 9.41. The zero-order chi connectivity index (χ0) is 24.0. The summed E-state index contributed by atoms with van der Waals surface area (Å²) in [6, 6.07) is 15.5. The number of nitrogens with zero attached hydrogens (tertiary/aromatic N) is 2. The fourth-order valence-corrected chi connectivity index (χ4v) is 4.81. The highest BCUT2D eigenvalue weighted by Crippen LogP contribution is 2.42. The highest BCUT2D eigenvalue weighted by molar-refractivity contribution is 7.12. The fourth-order valence-electron chi connectivity index (χ4n) is 4.14. The SMILES string of the molecule is Cc1ccc2nc(N3C(=O)C(O)=C(C(=O)c4cccs4)C3c3ccc(OC(C)C)cc3)[nH]c2c1. The molecule has 0 radical (unpaired) electrons. The first-order valence-corrected chi connectivity index (χ1v) is 11.8. The second-order valence-electron chi connectivity index (χ2n) is 8.46. The van der Waals surface area contributed by atoms with E-state index in [1.165, 1.54) is 16.2 Å². The van der Waals surface area contributed by atoms with Gasteiger partial charge in [-0.05, 0) is 67.6 Å². The van der Waals surface area contributed by atoms with Crippen LogP contribution in [0.3, 0.4) is 0 Å². The minimum absolute atomic E-state index is 0.00863. The number of aryl methyl sites for hydroxylation is 1. The maximum atomic E-state index is 13.4. The first-order chi connectivity index (χ1) is 16.3. The summed E-state index contributed by atoms with van der Waals surface area (Å²) in [5.74, 6) is -0.694. The van der Waals surface area contributed by atoms with Gasteiger partial charge >= 0.3 is 0 Å². The molecule has 0 fully saturated rings. The Morgan fingerprint density at radius 3 is 2.62 bits per heavy atom. The first-order valence-electron chi connectivity index (χ1n) is 10.9. The minimum atomic E-state index is -0.850. The van der Waals surface area contributed by atoms with Gasteiger partial charge in [0.05, 0.1) is 33.6 Å². The lowest BCUT2D eigenvalue weighted by Gasteiger charge is -2.24. The molecule has 172 valence electrons. The number of aliphatic hydroxyl groups excluding tert-OH is 1. The molecule has 1 amide bonds. The molecule has 1 aliphatic rings. The Hall–Kier alpha value is -3.91. The van der Waals surface area contributed by atoms with Crippen LogP contribution in [-0.4, -0.2) is 32.9 Å². The summed E-state index contributed by atoms with van der Waals surface area (Å²) >= 11 is 1.26. The number of H-pyrrole nitrogens is 1. The summed E-state index contributed by atoms with van der Waals surface area (Å²) in [6.45, 7) is 5.84. The Bertz CT molecular complexity index is 1420. The number of Topliss-reactive ketones (excluding diaryl/α,β-unsaturated/α-hetero) is 1. The number of anilines is 1. The number of amides is 1. The molecule has 0 bridgehead atoms. The standard InChI is InChI=1S/C26H23N3O4S/c1-14(2)33-17-9-7-16(8-10-17)22-21(23(30)20-5-4-12-34-20)24(31)25(32)29(22)26-27-18-11-6-15(3)13-19(18)28-26/h4-14,22,31H,1-3H3,(H,27,28). The van der Waals surface area contributed by atoms with Crippen LogP contribution >= 0.6 is 11.3 Å². The van der Waals surface area contributed by atoms with Gasteiger partial charge in [-0.1, -0.05) is 24.3 Å². The quantitative estimate of drug-likeness (QED) is 0.360. The molecular weight excluding hydrogens is 450 g/mol. The van der Waals surface area contributed by atoms with Crippen LogP contribution in [0.4, 0.5) is 5.95 Å². The lowest BCUT2D eigenvalue weighted by atomic mass is 9.95. The van der Waals surface area contributed by atoms with Crippen molar-refractivity contribution in [3.63, 3.8) is 0 Å². The van der Waals surface area contributed by atoms with Crippen LogP contribution in [0.5, 0.6) is 5.75 Å². The van der Waals surface area contributed by atoms with E-state index in [9.17, 15) is 14.7 Å². The van der Waals surface area contributed by atoms with Gasteiger partial charge in [0, 0.05) is 0 Å². The molecule has 4 aromatic rings. The number of hydrogen-bond donors (Lipinski definition) is 2. The molecule has 0 saturated carbocycles. The largest absolute Gasteiger partial charge is 0.503 e. The number of ether oxygens (including phenoxy) is 1. The van der Waals surface area contributed by atoms with E-state index in [1.807, 2.05) is 39.0 Å². The van der Waals surface area contributed by atoms with Crippen molar-refractivity contribution in [3.8, 4) is 5.75 Å². The van der Waals surface area contributed by atoms with Crippen molar-refractivity contribution in [3.05, 3.63) is 87.3 Å². The van der Waals surface area contributed by atoms with E-state index in [-0.39, 0.29) is 23.4 Å². The van der Waals surface area contributed by atoms with E-state index in [0.29, 0.717) is 21.7 Å². The summed E-state index contributed by atoms with van der Waals surface area (Å²) < 4.78 is 5.74. The number of thiophene rings is 1. The van der Waals surface area contributed by atoms with Gasteiger partial charge in [-0.25, -0.2) is 4.98 Å². The Morgan fingerprint density at radius 2 is 1.94 bits per heavy atom. The van der Waals surface area contributed by atoms with Gasteiger partial charge in [-0.3, -0.25) is 14.5 Å². The highest BCUT2D eigenvalue weighted by atomic mass is 32.1. The highest BCUT2D eigenvalue weighted by Gasteiger charge is 2.46. The van der Waals surface area contributed by atoms with Gasteiger partial charge in [0.1, 0.15) is 5.75 Å². The van der Waals surface area contributed by atoms with Crippen molar-refractivity contribution in [1.82, 2.24) is 9.97 Å². The number of aromatic nitrogens is 2. The first kappa shape index (κ1) is 21.9. The minimum Gasteiger partial charge on any atom is -0.503 e. The summed E-state index contributed by atoms with van der Waals surface area (Å²) in [6.07, 6.45) is 0.00863. The van der Waals surface area contributed by atoms with Gasteiger partial charge in [0.15, 0.2) is 5.76 Å². The number of rotatable bonds is 6.